The van der Waals surface area contributed by atoms with E-state index in [1.807, 2.05) is 25.1 Å². The molecule has 1 aromatic heterocycles. The first kappa shape index (κ1) is 14.5. The summed E-state index contributed by atoms with van der Waals surface area (Å²) in [6, 6.07) is 12.2. The van der Waals surface area contributed by atoms with Crippen LogP contribution in [0.1, 0.15) is 28.4 Å². The number of aromatic amines is 1. The highest BCUT2D eigenvalue weighted by Crippen LogP contribution is 2.15. The van der Waals surface area contributed by atoms with Gasteiger partial charge in [-0.2, -0.15) is 0 Å². The maximum atomic E-state index is 12.6. The number of ketones is 1. The van der Waals surface area contributed by atoms with Gasteiger partial charge in [0, 0.05) is 27.7 Å². The molecule has 4 heteroatoms. The highest BCUT2D eigenvalue weighted by atomic mass is 35.5. The average Bonchev–Trinajstić information content (AvgIpc) is 2.55. The number of carbonyl (C=O) groups excluding carboxylic acids is 1. The van der Waals surface area contributed by atoms with Crippen LogP contribution >= 0.6 is 11.6 Å². The fraction of sp³-hybridized carbons (Fsp3) is 0.111. The molecule has 110 valence electrons. The van der Waals surface area contributed by atoms with Crippen molar-refractivity contribution in [3.05, 3.63) is 80.6 Å². The molecule has 3 aromatic rings. The van der Waals surface area contributed by atoms with E-state index in [1.165, 1.54) is 6.20 Å². The van der Waals surface area contributed by atoms with Gasteiger partial charge in [-0.25, -0.2) is 0 Å². The van der Waals surface area contributed by atoms with Crippen LogP contribution in [0.2, 0.25) is 5.02 Å². The summed E-state index contributed by atoms with van der Waals surface area (Å²) in [5, 5.41) is 1.09. The second-order valence-electron chi connectivity index (χ2n) is 5.10. The summed E-state index contributed by atoms with van der Waals surface area (Å²) < 4.78 is 0. The standard InChI is InChI=1S/C18H14ClNO2/c1-2-11-3-8-16-14(9-11)18(22)15(10-20-16)17(21)12-4-6-13(19)7-5-12/h3-10H,2H2,1H3,(H,20,22). The van der Waals surface area contributed by atoms with Crippen LogP contribution in [0, 0.1) is 0 Å². The van der Waals surface area contributed by atoms with Gasteiger partial charge in [0.2, 0.25) is 5.43 Å². The molecule has 0 radical (unpaired) electrons. The zero-order chi connectivity index (χ0) is 15.7. The van der Waals surface area contributed by atoms with Crippen LogP contribution in [0.15, 0.2) is 53.5 Å². The third-order valence-corrected chi connectivity index (χ3v) is 3.96. The Morgan fingerprint density at radius 3 is 2.55 bits per heavy atom. The summed E-state index contributed by atoms with van der Waals surface area (Å²) in [6.45, 7) is 2.03. The highest BCUT2D eigenvalue weighted by molar-refractivity contribution is 6.30. The Bertz CT molecular complexity index is 911. The molecule has 0 unspecified atom stereocenters. The topological polar surface area (TPSA) is 49.9 Å². The fourth-order valence-electron chi connectivity index (χ4n) is 2.41. The monoisotopic (exact) mass is 311 g/mol. The predicted octanol–water partition coefficient (Wildman–Crippen LogP) is 3.97. The van der Waals surface area contributed by atoms with Crippen molar-refractivity contribution >= 4 is 28.3 Å². The molecule has 0 fully saturated rings. The van der Waals surface area contributed by atoms with Gasteiger partial charge in [-0.05, 0) is 48.4 Å². The number of nitrogens with one attached hydrogen (secondary N) is 1. The number of pyridine rings is 1. The molecule has 1 heterocycles. The zero-order valence-corrected chi connectivity index (χ0v) is 12.8. The van der Waals surface area contributed by atoms with E-state index < -0.39 is 0 Å². The molecule has 0 amide bonds. The number of carbonyl (C=O) groups is 1. The summed E-state index contributed by atoms with van der Waals surface area (Å²) in [5.74, 6) is -0.304. The van der Waals surface area contributed by atoms with E-state index in [1.54, 1.807) is 24.3 Å². The molecule has 0 atom stereocenters. The molecule has 1 N–H and O–H groups in total. The van der Waals surface area contributed by atoms with Crippen molar-refractivity contribution in [1.82, 2.24) is 4.98 Å². The molecule has 0 bridgehead atoms. The number of H-pyrrole nitrogens is 1. The lowest BCUT2D eigenvalue weighted by Crippen LogP contribution is -2.16. The molecular formula is C18H14ClNO2. The molecule has 0 aliphatic heterocycles. The number of hydrogen-bond acceptors (Lipinski definition) is 2. The number of aromatic nitrogens is 1. The first-order chi connectivity index (χ1) is 10.6. The van der Waals surface area contributed by atoms with Crippen molar-refractivity contribution in [2.75, 3.05) is 0 Å². The van der Waals surface area contributed by atoms with Crippen molar-refractivity contribution < 1.29 is 4.79 Å². The molecule has 0 saturated heterocycles. The van der Waals surface area contributed by atoms with Crippen LogP contribution in [-0.2, 0) is 6.42 Å². The van der Waals surface area contributed by atoms with Crippen LogP contribution in [0.5, 0.6) is 0 Å². The predicted molar refractivity (Wildman–Crippen MR) is 88.8 cm³/mol. The molecule has 3 rings (SSSR count). The molecule has 0 saturated carbocycles. The number of fused-ring (bicyclic) bond motifs is 1. The number of hydrogen-bond donors (Lipinski definition) is 1. The minimum atomic E-state index is -0.304. The zero-order valence-electron chi connectivity index (χ0n) is 12.0. The molecule has 0 aliphatic carbocycles. The normalized spacial score (nSPS) is 10.8. The lowest BCUT2D eigenvalue weighted by atomic mass is 10.0. The van der Waals surface area contributed by atoms with Gasteiger partial charge in [0.15, 0.2) is 5.78 Å². The van der Waals surface area contributed by atoms with Gasteiger partial charge in [-0.15, -0.1) is 0 Å². The number of rotatable bonds is 3. The lowest BCUT2D eigenvalue weighted by molar-refractivity contribution is 0.103. The Labute approximate surface area is 132 Å². The molecule has 3 nitrogen and oxygen atoms in total. The molecule has 0 aliphatic rings. The molecule has 0 spiro atoms. The fourth-order valence-corrected chi connectivity index (χ4v) is 2.54. The quantitative estimate of drug-likeness (QED) is 0.744. The van der Waals surface area contributed by atoms with Gasteiger partial charge in [0.25, 0.3) is 0 Å². The first-order valence-corrected chi connectivity index (χ1v) is 7.42. The Morgan fingerprint density at radius 2 is 1.86 bits per heavy atom. The minimum Gasteiger partial charge on any atom is -0.360 e. The van der Waals surface area contributed by atoms with Crippen molar-refractivity contribution in [2.45, 2.75) is 13.3 Å². The maximum absolute atomic E-state index is 12.6. The van der Waals surface area contributed by atoms with Crippen LogP contribution in [0.4, 0.5) is 0 Å². The molecule has 2 aromatic carbocycles. The van der Waals surface area contributed by atoms with E-state index in [4.69, 9.17) is 11.6 Å². The van der Waals surface area contributed by atoms with Gasteiger partial charge in [0.05, 0.1) is 5.56 Å². The maximum Gasteiger partial charge on any atom is 0.200 e. The van der Waals surface area contributed by atoms with Gasteiger partial charge >= 0.3 is 0 Å². The van der Waals surface area contributed by atoms with Gasteiger partial charge in [-0.1, -0.05) is 24.6 Å². The van der Waals surface area contributed by atoms with Crippen molar-refractivity contribution in [2.24, 2.45) is 0 Å². The second kappa shape index (κ2) is 5.78. The molecular weight excluding hydrogens is 298 g/mol. The number of aryl methyl sites for hydroxylation is 1. The van der Waals surface area contributed by atoms with E-state index in [-0.39, 0.29) is 16.8 Å². The Morgan fingerprint density at radius 1 is 1.14 bits per heavy atom. The van der Waals surface area contributed by atoms with Crippen molar-refractivity contribution in [3.8, 4) is 0 Å². The van der Waals surface area contributed by atoms with Crippen molar-refractivity contribution in [1.29, 1.82) is 0 Å². The average molecular weight is 312 g/mol. The largest absolute Gasteiger partial charge is 0.360 e. The van der Waals surface area contributed by atoms with Gasteiger partial charge < -0.3 is 4.98 Å². The van der Waals surface area contributed by atoms with Crippen LogP contribution in [0.3, 0.4) is 0 Å². The van der Waals surface area contributed by atoms with Gasteiger partial charge in [0.1, 0.15) is 0 Å². The highest BCUT2D eigenvalue weighted by Gasteiger charge is 2.15. The SMILES string of the molecule is CCc1ccc2[nH]cc(C(=O)c3ccc(Cl)cc3)c(=O)c2c1. The van der Waals surface area contributed by atoms with Crippen LogP contribution in [0.25, 0.3) is 10.9 Å². The van der Waals surface area contributed by atoms with Crippen molar-refractivity contribution in [3.63, 3.8) is 0 Å². The van der Waals surface area contributed by atoms with Gasteiger partial charge in [-0.3, -0.25) is 9.59 Å². The van der Waals surface area contributed by atoms with E-state index in [2.05, 4.69) is 4.98 Å². The Kier molecular flexibility index (Phi) is 3.82. The summed E-state index contributed by atoms with van der Waals surface area (Å²) in [5.41, 5.74) is 2.14. The Balaban J connectivity index is 2.14. The third kappa shape index (κ3) is 2.55. The summed E-state index contributed by atoms with van der Waals surface area (Å²) in [6.07, 6.45) is 2.32. The second-order valence-corrected chi connectivity index (χ2v) is 5.54. The number of halogens is 1. The lowest BCUT2D eigenvalue weighted by Gasteiger charge is -2.05. The molecule has 22 heavy (non-hydrogen) atoms. The van der Waals surface area contributed by atoms with E-state index in [9.17, 15) is 9.59 Å². The van der Waals surface area contributed by atoms with E-state index >= 15 is 0 Å². The minimum absolute atomic E-state index is 0.142. The van der Waals surface area contributed by atoms with E-state index in [0.717, 1.165) is 17.5 Å². The van der Waals surface area contributed by atoms with Crippen LogP contribution in [-0.4, -0.2) is 10.8 Å². The smallest absolute Gasteiger partial charge is 0.200 e. The van der Waals surface area contributed by atoms with Crippen LogP contribution < -0.4 is 5.43 Å². The first-order valence-electron chi connectivity index (χ1n) is 7.04. The third-order valence-electron chi connectivity index (χ3n) is 3.70. The summed E-state index contributed by atoms with van der Waals surface area (Å²) >= 11 is 5.83. The summed E-state index contributed by atoms with van der Waals surface area (Å²) in [4.78, 5) is 28.2. The van der Waals surface area contributed by atoms with E-state index in [0.29, 0.717) is 16.0 Å². The number of benzene rings is 2. The Hall–Kier alpha value is -2.39. The summed E-state index contributed by atoms with van der Waals surface area (Å²) in [7, 11) is 0.